The number of imidazole rings is 1. The summed E-state index contributed by atoms with van der Waals surface area (Å²) in [6, 6.07) is 8.70. The minimum absolute atomic E-state index is 0.0553. The van der Waals surface area contributed by atoms with E-state index in [1.165, 1.54) is 26.4 Å². The Hall–Kier alpha value is -3.25. The van der Waals surface area contributed by atoms with E-state index in [2.05, 4.69) is 4.98 Å². The van der Waals surface area contributed by atoms with Gasteiger partial charge in [-0.3, -0.25) is 9.36 Å². The van der Waals surface area contributed by atoms with Gasteiger partial charge >= 0.3 is 13.3 Å². The molecule has 1 fully saturated rings. The van der Waals surface area contributed by atoms with Gasteiger partial charge in [0.1, 0.15) is 29.9 Å². The summed E-state index contributed by atoms with van der Waals surface area (Å²) in [4.78, 5) is 17.0. The van der Waals surface area contributed by atoms with E-state index >= 15 is 0 Å². The molecule has 0 unspecified atom stereocenters. The number of halogens is 3. The molecule has 1 amide bonds. The predicted octanol–water partition coefficient (Wildman–Crippen LogP) is 3.63. The summed E-state index contributed by atoms with van der Waals surface area (Å²) in [6.45, 7) is 6.45. The molecule has 12 heteroatoms. The van der Waals surface area contributed by atoms with Crippen LogP contribution in [0.2, 0.25) is 0 Å². The lowest BCUT2D eigenvalue weighted by molar-refractivity contribution is -0.123. The normalized spacial score (nSPS) is 16.9. The van der Waals surface area contributed by atoms with Crippen molar-refractivity contribution in [2.24, 2.45) is 0 Å². The van der Waals surface area contributed by atoms with Crippen LogP contribution in [0, 0.1) is 0 Å². The van der Waals surface area contributed by atoms with Crippen molar-refractivity contribution in [3.63, 3.8) is 0 Å². The lowest BCUT2D eigenvalue weighted by Crippen LogP contribution is -2.41. The first-order chi connectivity index (χ1) is 16.8. The highest BCUT2D eigenvalue weighted by molar-refractivity contribution is 6.62. The van der Waals surface area contributed by atoms with Gasteiger partial charge in [-0.05, 0) is 45.3 Å². The van der Waals surface area contributed by atoms with Gasteiger partial charge in [-0.15, -0.1) is 0 Å². The number of methoxy groups -OCH3 is 2. The molecule has 0 spiro atoms. The highest BCUT2D eigenvalue weighted by Crippen LogP contribution is 2.37. The van der Waals surface area contributed by atoms with Gasteiger partial charge in [0.2, 0.25) is 0 Å². The summed E-state index contributed by atoms with van der Waals surface area (Å²) < 4.78 is 62.5. The minimum atomic E-state index is -4.55. The summed E-state index contributed by atoms with van der Waals surface area (Å²) in [5.74, 6) is -0.852. The van der Waals surface area contributed by atoms with Gasteiger partial charge in [0, 0.05) is 12.1 Å². The first kappa shape index (κ1) is 25.8. The zero-order chi connectivity index (χ0) is 26.5. The van der Waals surface area contributed by atoms with Gasteiger partial charge in [-0.2, -0.15) is 13.2 Å². The number of alkyl halides is 3. The SMILES string of the molecule is COc1cc(-n2cnc3cc(B4OC(C)(C)C(C)(C)O4)ccc32)cc(OC)c1C(=O)NCC(F)(F)F. The molecule has 1 aromatic heterocycles. The zero-order valence-corrected chi connectivity index (χ0v) is 20.8. The van der Waals surface area contributed by atoms with Crippen LogP contribution in [-0.2, 0) is 9.31 Å². The number of fused-ring (bicyclic) bond motifs is 1. The van der Waals surface area contributed by atoms with Crippen LogP contribution in [0.4, 0.5) is 13.2 Å². The number of hydrogen-bond donors (Lipinski definition) is 1. The number of rotatable bonds is 6. The second-order valence-corrected chi connectivity index (χ2v) is 9.47. The molecule has 3 aromatic rings. The van der Waals surface area contributed by atoms with E-state index in [4.69, 9.17) is 18.8 Å². The van der Waals surface area contributed by atoms with Crippen molar-refractivity contribution in [1.29, 1.82) is 0 Å². The van der Waals surface area contributed by atoms with Crippen molar-refractivity contribution in [1.82, 2.24) is 14.9 Å². The smallest absolute Gasteiger partial charge is 0.494 e. The topological polar surface area (TPSA) is 83.8 Å². The third kappa shape index (κ3) is 4.74. The number of amides is 1. The van der Waals surface area contributed by atoms with Crippen LogP contribution in [0.1, 0.15) is 38.1 Å². The maximum atomic E-state index is 12.6. The second kappa shape index (κ2) is 9.00. The Morgan fingerprint density at radius 3 is 2.17 bits per heavy atom. The van der Waals surface area contributed by atoms with Gasteiger partial charge in [0.25, 0.3) is 5.91 Å². The van der Waals surface area contributed by atoms with E-state index in [1.54, 1.807) is 10.9 Å². The van der Waals surface area contributed by atoms with Crippen LogP contribution < -0.4 is 20.3 Å². The molecule has 0 aliphatic carbocycles. The van der Waals surface area contributed by atoms with Crippen LogP contribution in [0.3, 0.4) is 0 Å². The van der Waals surface area contributed by atoms with Gasteiger partial charge in [-0.1, -0.05) is 6.07 Å². The molecule has 36 heavy (non-hydrogen) atoms. The summed E-state index contributed by atoms with van der Waals surface area (Å²) in [7, 11) is 2.10. The van der Waals surface area contributed by atoms with Crippen LogP contribution in [-0.4, -0.2) is 60.7 Å². The first-order valence-electron chi connectivity index (χ1n) is 11.2. The Labute approximate surface area is 206 Å². The number of nitrogens with one attached hydrogen (secondary N) is 1. The minimum Gasteiger partial charge on any atom is -0.496 e. The van der Waals surface area contributed by atoms with Crippen molar-refractivity contribution in [3.05, 3.63) is 42.2 Å². The molecule has 2 aromatic carbocycles. The predicted molar refractivity (Wildman–Crippen MR) is 128 cm³/mol. The fourth-order valence-electron chi connectivity index (χ4n) is 3.89. The summed E-state index contributed by atoms with van der Waals surface area (Å²) in [5.41, 5.74) is 1.68. The lowest BCUT2D eigenvalue weighted by atomic mass is 9.79. The molecule has 1 aliphatic rings. The van der Waals surface area contributed by atoms with Crippen LogP contribution >= 0.6 is 0 Å². The molecular formula is C24H27BF3N3O5. The number of carbonyl (C=O) groups excluding carboxylic acids is 1. The number of carbonyl (C=O) groups is 1. The quantitative estimate of drug-likeness (QED) is 0.516. The third-order valence-corrected chi connectivity index (χ3v) is 6.54. The second-order valence-electron chi connectivity index (χ2n) is 9.47. The Kier molecular flexibility index (Phi) is 6.46. The molecule has 2 heterocycles. The number of benzene rings is 2. The summed E-state index contributed by atoms with van der Waals surface area (Å²) in [5, 5.41) is 1.85. The maximum Gasteiger partial charge on any atom is 0.494 e. The average Bonchev–Trinajstić information content (AvgIpc) is 3.32. The molecule has 1 N–H and O–H groups in total. The number of nitrogens with zero attached hydrogens (tertiary/aromatic N) is 2. The van der Waals surface area contributed by atoms with Crippen molar-refractivity contribution in [2.45, 2.75) is 45.1 Å². The molecule has 4 rings (SSSR count). The van der Waals surface area contributed by atoms with E-state index in [1.807, 2.05) is 51.2 Å². The van der Waals surface area contributed by atoms with Gasteiger partial charge in [0.15, 0.2) is 0 Å². The van der Waals surface area contributed by atoms with E-state index < -0.39 is 36.9 Å². The van der Waals surface area contributed by atoms with Crippen molar-refractivity contribution >= 4 is 29.5 Å². The molecule has 0 atom stereocenters. The van der Waals surface area contributed by atoms with Crippen molar-refractivity contribution in [3.8, 4) is 17.2 Å². The van der Waals surface area contributed by atoms with Crippen LogP contribution in [0.5, 0.6) is 11.5 Å². The molecule has 0 radical (unpaired) electrons. The molecule has 1 saturated heterocycles. The average molecular weight is 505 g/mol. The maximum absolute atomic E-state index is 12.6. The Bertz CT molecular complexity index is 1260. The van der Waals surface area contributed by atoms with E-state index in [0.29, 0.717) is 11.2 Å². The fraction of sp³-hybridized carbons (Fsp3) is 0.417. The number of hydrogen-bond acceptors (Lipinski definition) is 6. The van der Waals surface area contributed by atoms with E-state index in [9.17, 15) is 18.0 Å². The van der Waals surface area contributed by atoms with Crippen LogP contribution in [0.25, 0.3) is 16.7 Å². The third-order valence-electron chi connectivity index (χ3n) is 6.54. The molecule has 192 valence electrons. The molecule has 0 bridgehead atoms. The molecule has 0 saturated carbocycles. The Morgan fingerprint density at radius 2 is 1.64 bits per heavy atom. The highest BCUT2D eigenvalue weighted by Gasteiger charge is 2.51. The number of ether oxygens (including phenoxy) is 2. The van der Waals surface area contributed by atoms with Crippen molar-refractivity contribution < 1.29 is 36.7 Å². The summed E-state index contributed by atoms with van der Waals surface area (Å²) in [6.07, 6.45) is -2.96. The van der Waals surface area contributed by atoms with Gasteiger partial charge < -0.3 is 24.1 Å². The zero-order valence-electron chi connectivity index (χ0n) is 20.8. The number of aromatic nitrogens is 2. The lowest BCUT2D eigenvalue weighted by Gasteiger charge is -2.32. The Morgan fingerprint density at radius 1 is 1.06 bits per heavy atom. The highest BCUT2D eigenvalue weighted by atomic mass is 19.4. The first-order valence-corrected chi connectivity index (χ1v) is 11.2. The van der Waals surface area contributed by atoms with E-state index in [0.717, 1.165) is 11.0 Å². The fourth-order valence-corrected chi connectivity index (χ4v) is 3.89. The Balaban J connectivity index is 1.69. The monoisotopic (exact) mass is 505 g/mol. The standard InChI is InChI=1S/C24H27BF3N3O5/c1-22(2)23(3,4)36-25(35-22)14-7-8-17-16(9-14)30-13-31(17)15-10-18(33-5)20(19(11-15)34-6)21(32)29-12-24(26,27)28/h7-11,13H,12H2,1-6H3,(H,29,32). The van der Waals surface area contributed by atoms with Gasteiger partial charge in [0.05, 0.1) is 42.1 Å². The summed E-state index contributed by atoms with van der Waals surface area (Å²) >= 11 is 0. The largest absolute Gasteiger partial charge is 0.496 e. The van der Waals surface area contributed by atoms with Crippen LogP contribution in [0.15, 0.2) is 36.7 Å². The molecular weight excluding hydrogens is 478 g/mol. The molecule has 1 aliphatic heterocycles. The van der Waals surface area contributed by atoms with Crippen molar-refractivity contribution in [2.75, 3.05) is 20.8 Å². The molecule has 8 nitrogen and oxygen atoms in total. The van der Waals surface area contributed by atoms with E-state index in [-0.39, 0.29) is 17.1 Å². The van der Waals surface area contributed by atoms with Gasteiger partial charge in [-0.25, -0.2) is 4.98 Å².